The van der Waals surface area contributed by atoms with Gasteiger partial charge in [-0.3, -0.25) is 4.79 Å². The average molecular weight is 470 g/mol. The average Bonchev–Trinajstić information content (AvgIpc) is 2.99. The standard InChI is InChI=1S/C24H24FN3O4S/c1-3-18-19(5-7-21(23(18)25)33(2,30)31)24(29)28-10-11-32-20-6-4-15(12-17(20)14-28)16-8-9-27-22(26)13-16/h4-9,12-13H,3,10-11,14H2,1-2H3,(H2,26,27). The van der Waals surface area contributed by atoms with E-state index in [-0.39, 0.29) is 36.6 Å². The molecule has 0 fully saturated rings. The number of sulfone groups is 1. The topological polar surface area (TPSA) is 103 Å². The number of halogens is 1. The molecular formula is C24H24FN3O4S. The summed E-state index contributed by atoms with van der Waals surface area (Å²) in [5.74, 6) is -0.164. The van der Waals surface area contributed by atoms with Crippen molar-refractivity contribution in [3.63, 3.8) is 0 Å². The molecule has 0 radical (unpaired) electrons. The fourth-order valence-electron chi connectivity index (χ4n) is 3.98. The summed E-state index contributed by atoms with van der Waals surface area (Å²) in [6.45, 7) is 2.55. The maximum atomic E-state index is 15.0. The van der Waals surface area contributed by atoms with Gasteiger partial charge in [0.1, 0.15) is 28.9 Å². The molecule has 2 heterocycles. The van der Waals surface area contributed by atoms with Crippen LogP contribution in [0.5, 0.6) is 5.75 Å². The van der Waals surface area contributed by atoms with Crippen molar-refractivity contribution in [2.75, 3.05) is 25.1 Å². The lowest BCUT2D eigenvalue weighted by molar-refractivity contribution is 0.0731. The van der Waals surface area contributed by atoms with Gasteiger partial charge < -0.3 is 15.4 Å². The van der Waals surface area contributed by atoms with Gasteiger partial charge in [0.25, 0.3) is 5.91 Å². The zero-order chi connectivity index (χ0) is 23.8. The van der Waals surface area contributed by atoms with Gasteiger partial charge in [-0.1, -0.05) is 13.0 Å². The highest BCUT2D eigenvalue weighted by molar-refractivity contribution is 7.90. The van der Waals surface area contributed by atoms with Crippen molar-refractivity contribution in [3.05, 3.63) is 71.2 Å². The number of carbonyl (C=O) groups is 1. The Morgan fingerprint density at radius 2 is 1.94 bits per heavy atom. The summed E-state index contributed by atoms with van der Waals surface area (Å²) in [4.78, 5) is 18.6. The van der Waals surface area contributed by atoms with Gasteiger partial charge in [0.15, 0.2) is 9.84 Å². The second-order valence-electron chi connectivity index (χ2n) is 7.90. The van der Waals surface area contributed by atoms with E-state index in [1.165, 1.54) is 6.07 Å². The first-order valence-electron chi connectivity index (χ1n) is 10.5. The molecule has 1 aromatic heterocycles. The van der Waals surface area contributed by atoms with Crippen molar-refractivity contribution in [1.82, 2.24) is 9.88 Å². The predicted molar refractivity (Wildman–Crippen MR) is 123 cm³/mol. The number of benzene rings is 2. The van der Waals surface area contributed by atoms with E-state index in [0.29, 0.717) is 18.1 Å². The minimum atomic E-state index is -3.75. The number of fused-ring (bicyclic) bond motifs is 1. The van der Waals surface area contributed by atoms with E-state index in [0.717, 1.165) is 29.0 Å². The van der Waals surface area contributed by atoms with Crippen LogP contribution in [0.25, 0.3) is 11.1 Å². The monoisotopic (exact) mass is 469 g/mol. The fraction of sp³-hybridized carbons (Fsp3) is 0.250. The molecule has 1 amide bonds. The third-order valence-electron chi connectivity index (χ3n) is 5.63. The number of carbonyl (C=O) groups excluding carboxylic acids is 1. The van der Waals surface area contributed by atoms with Gasteiger partial charge in [0.2, 0.25) is 0 Å². The molecule has 3 aromatic rings. The van der Waals surface area contributed by atoms with Crippen molar-refractivity contribution in [1.29, 1.82) is 0 Å². The van der Waals surface area contributed by atoms with E-state index in [1.54, 1.807) is 24.1 Å². The number of nitrogens with zero attached hydrogens (tertiary/aromatic N) is 2. The molecule has 0 saturated carbocycles. The minimum Gasteiger partial charge on any atom is -0.491 e. The molecule has 172 valence electrons. The largest absolute Gasteiger partial charge is 0.491 e. The van der Waals surface area contributed by atoms with Crippen LogP contribution in [-0.2, 0) is 22.8 Å². The van der Waals surface area contributed by atoms with Crippen LogP contribution < -0.4 is 10.5 Å². The molecular weight excluding hydrogens is 445 g/mol. The van der Waals surface area contributed by atoms with Crippen molar-refractivity contribution in [3.8, 4) is 16.9 Å². The maximum absolute atomic E-state index is 15.0. The summed E-state index contributed by atoms with van der Waals surface area (Å²) in [7, 11) is -3.75. The molecule has 1 aliphatic rings. The zero-order valence-corrected chi connectivity index (χ0v) is 19.2. The Hall–Kier alpha value is -3.46. The van der Waals surface area contributed by atoms with Crippen molar-refractivity contribution < 1.29 is 22.3 Å². The molecule has 0 saturated heterocycles. The van der Waals surface area contributed by atoms with Crippen LogP contribution in [0, 0.1) is 5.82 Å². The zero-order valence-electron chi connectivity index (χ0n) is 18.3. The van der Waals surface area contributed by atoms with Crippen molar-refractivity contribution in [2.24, 2.45) is 0 Å². The van der Waals surface area contributed by atoms with Crippen LogP contribution in [0.2, 0.25) is 0 Å². The van der Waals surface area contributed by atoms with Crippen LogP contribution in [-0.4, -0.2) is 43.6 Å². The predicted octanol–water partition coefficient (Wildman–Crippen LogP) is 3.47. The number of aromatic nitrogens is 1. The highest BCUT2D eigenvalue weighted by Gasteiger charge is 2.27. The van der Waals surface area contributed by atoms with Gasteiger partial charge in [-0.25, -0.2) is 17.8 Å². The van der Waals surface area contributed by atoms with Crippen molar-refractivity contribution >= 4 is 21.6 Å². The van der Waals surface area contributed by atoms with E-state index >= 15 is 0 Å². The lowest BCUT2D eigenvalue weighted by Crippen LogP contribution is -2.33. The Morgan fingerprint density at radius 1 is 1.18 bits per heavy atom. The molecule has 0 atom stereocenters. The summed E-state index contributed by atoms with van der Waals surface area (Å²) in [6, 6.07) is 11.9. The third-order valence-corrected chi connectivity index (χ3v) is 6.75. The lowest BCUT2D eigenvalue weighted by Gasteiger charge is -2.22. The summed E-state index contributed by atoms with van der Waals surface area (Å²) in [5, 5.41) is 0. The van der Waals surface area contributed by atoms with E-state index < -0.39 is 20.5 Å². The van der Waals surface area contributed by atoms with E-state index in [9.17, 15) is 17.6 Å². The Balaban J connectivity index is 1.69. The first kappa shape index (κ1) is 22.7. The number of pyridine rings is 1. The number of nitrogen functional groups attached to an aromatic ring is 1. The van der Waals surface area contributed by atoms with Crippen LogP contribution in [0.15, 0.2) is 53.6 Å². The molecule has 4 rings (SSSR count). The number of amides is 1. The first-order valence-corrected chi connectivity index (χ1v) is 12.4. The highest BCUT2D eigenvalue weighted by atomic mass is 32.2. The second kappa shape index (κ2) is 8.82. The second-order valence-corrected chi connectivity index (χ2v) is 9.88. The van der Waals surface area contributed by atoms with E-state index in [4.69, 9.17) is 10.5 Å². The van der Waals surface area contributed by atoms with Crippen LogP contribution in [0.1, 0.15) is 28.4 Å². The third kappa shape index (κ3) is 4.54. The molecule has 0 unspecified atom stereocenters. The molecule has 9 heteroatoms. The van der Waals surface area contributed by atoms with Crippen LogP contribution >= 0.6 is 0 Å². The van der Waals surface area contributed by atoms with Gasteiger partial charge in [-0.2, -0.15) is 0 Å². The normalized spacial score (nSPS) is 13.7. The molecule has 2 N–H and O–H groups in total. The number of nitrogens with two attached hydrogens (primary N) is 1. The quantitative estimate of drug-likeness (QED) is 0.628. The van der Waals surface area contributed by atoms with E-state index in [1.807, 2.05) is 24.3 Å². The summed E-state index contributed by atoms with van der Waals surface area (Å²) >= 11 is 0. The van der Waals surface area contributed by atoms with E-state index in [2.05, 4.69) is 4.98 Å². The van der Waals surface area contributed by atoms with Gasteiger partial charge in [0.05, 0.1) is 6.54 Å². The lowest BCUT2D eigenvalue weighted by atomic mass is 10.0. The number of rotatable bonds is 4. The Bertz CT molecular complexity index is 1340. The fourth-order valence-corrected chi connectivity index (χ4v) is 4.74. The number of hydrogen-bond acceptors (Lipinski definition) is 6. The van der Waals surface area contributed by atoms with Gasteiger partial charge in [-0.05, 0) is 53.9 Å². The van der Waals surface area contributed by atoms with Gasteiger partial charge >= 0.3 is 0 Å². The highest BCUT2D eigenvalue weighted by Crippen LogP contribution is 2.31. The maximum Gasteiger partial charge on any atom is 0.254 e. The molecule has 2 aromatic carbocycles. The van der Waals surface area contributed by atoms with Gasteiger partial charge in [-0.15, -0.1) is 0 Å². The smallest absolute Gasteiger partial charge is 0.254 e. The van der Waals surface area contributed by atoms with Crippen LogP contribution in [0.4, 0.5) is 10.2 Å². The minimum absolute atomic E-state index is 0.0920. The molecule has 1 aliphatic heterocycles. The SMILES string of the molecule is CCc1c(C(=O)N2CCOc3ccc(-c4ccnc(N)c4)cc3C2)ccc(S(C)(=O)=O)c1F. The molecule has 7 nitrogen and oxygen atoms in total. The number of ether oxygens (including phenoxy) is 1. The Kier molecular flexibility index (Phi) is 6.07. The van der Waals surface area contributed by atoms with Gasteiger partial charge in [0, 0.05) is 35.7 Å². The molecule has 33 heavy (non-hydrogen) atoms. The number of anilines is 1. The summed E-state index contributed by atoms with van der Waals surface area (Å²) < 4.78 is 44.6. The Labute approximate surface area is 191 Å². The van der Waals surface area contributed by atoms with Crippen LogP contribution in [0.3, 0.4) is 0 Å². The van der Waals surface area contributed by atoms with Crippen molar-refractivity contribution in [2.45, 2.75) is 24.8 Å². The molecule has 0 spiro atoms. The molecule has 0 aliphatic carbocycles. The summed E-state index contributed by atoms with van der Waals surface area (Å²) in [6.07, 6.45) is 2.76. The Morgan fingerprint density at radius 3 is 2.64 bits per heavy atom. The molecule has 0 bridgehead atoms. The first-order chi connectivity index (χ1) is 15.7. The summed E-state index contributed by atoms with van der Waals surface area (Å²) in [5.41, 5.74) is 8.65. The number of hydrogen-bond donors (Lipinski definition) is 1.